The Labute approximate surface area is 138 Å². The van der Waals surface area contributed by atoms with E-state index < -0.39 is 5.60 Å². The van der Waals surface area contributed by atoms with Crippen molar-refractivity contribution >= 4 is 5.91 Å². The highest BCUT2D eigenvalue weighted by Gasteiger charge is 2.45. The van der Waals surface area contributed by atoms with Gasteiger partial charge in [-0.15, -0.1) is 0 Å². The second-order valence-corrected chi connectivity index (χ2v) is 7.72. The van der Waals surface area contributed by atoms with Crippen LogP contribution in [0.5, 0.6) is 0 Å². The predicted molar refractivity (Wildman–Crippen MR) is 89.3 cm³/mol. The van der Waals surface area contributed by atoms with Gasteiger partial charge in [-0.1, -0.05) is 12.8 Å². The molecule has 1 aliphatic heterocycles. The molecule has 5 nitrogen and oxygen atoms in total. The van der Waals surface area contributed by atoms with Crippen molar-refractivity contribution in [1.82, 2.24) is 14.5 Å². The minimum atomic E-state index is -0.650. The van der Waals surface area contributed by atoms with Crippen LogP contribution in [0.15, 0.2) is 12.5 Å². The van der Waals surface area contributed by atoms with E-state index in [1.54, 1.807) is 6.33 Å². The second-order valence-electron chi connectivity index (χ2n) is 7.72. The molecule has 2 heterocycles. The second kappa shape index (κ2) is 6.27. The number of carbonyl (C=O) groups is 1. The quantitative estimate of drug-likeness (QED) is 0.931. The average molecular weight is 319 g/mol. The van der Waals surface area contributed by atoms with E-state index in [1.165, 1.54) is 0 Å². The molecule has 23 heavy (non-hydrogen) atoms. The van der Waals surface area contributed by atoms with E-state index in [4.69, 9.17) is 0 Å². The third kappa shape index (κ3) is 3.16. The van der Waals surface area contributed by atoms with E-state index in [0.717, 1.165) is 45.1 Å². The molecule has 1 aromatic heterocycles. The molecule has 0 bridgehead atoms. The van der Waals surface area contributed by atoms with Crippen LogP contribution >= 0.6 is 0 Å². The molecule has 1 saturated carbocycles. The van der Waals surface area contributed by atoms with Gasteiger partial charge in [0.25, 0.3) is 5.91 Å². The number of aliphatic hydroxyl groups is 1. The summed E-state index contributed by atoms with van der Waals surface area (Å²) >= 11 is 0. The zero-order valence-corrected chi connectivity index (χ0v) is 14.5. The maximum atomic E-state index is 12.9. The minimum Gasteiger partial charge on any atom is -0.390 e. The third-order valence-electron chi connectivity index (χ3n) is 5.69. The zero-order valence-electron chi connectivity index (χ0n) is 14.5. The summed E-state index contributed by atoms with van der Waals surface area (Å²) in [6, 6.07) is 0.458. The number of likely N-dealkylation sites (tertiary alicyclic amines) is 1. The molecule has 1 aliphatic carbocycles. The highest BCUT2D eigenvalue weighted by molar-refractivity contribution is 5.92. The normalized spacial score (nSPS) is 31.8. The van der Waals surface area contributed by atoms with Crippen molar-refractivity contribution in [3.05, 3.63) is 18.2 Å². The fraction of sp³-hybridized carbons (Fsp3) is 0.778. The van der Waals surface area contributed by atoms with Crippen LogP contribution in [0.4, 0.5) is 0 Å². The van der Waals surface area contributed by atoms with Gasteiger partial charge in [-0.3, -0.25) is 4.79 Å². The van der Waals surface area contributed by atoms with E-state index >= 15 is 0 Å². The number of aromatic nitrogens is 2. The van der Waals surface area contributed by atoms with Gasteiger partial charge in [-0.25, -0.2) is 4.98 Å². The van der Waals surface area contributed by atoms with Crippen molar-refractivity contribution in [3.63, 3.8) is 0 Å². The first kappa shape index (κ1) is 16.5. The van der Waals surface area contributed by atoms with Crippen LogP contribution in [0.1, 0.15) is 75.8 Å². The molecule has 2 aliphatic rings. The lowest BCUT2D eigenvalue weighted by Crippen LogP contribution is -2.50. The summed E-state index contributed by atoms with van der Waals surface area (Å²) in [5, 5.41) is 10.8. The van der Waals surface area contributed by atoms with Gasteiger partial charge in [-0.2, -0.15) is 0 Å². The van der Waals surface area contributed by atoms with Crippen LogP contribution in [0.25, 0.3) is 0 Å². The van der Waals surface area contributed by atoms with Crippen LogP contribution in [-0.4, -0.2) is 43.7 Å². The monoisotopic (exact) mass is 319 g/mol. The van der Waals surface area contributed by atoms with Crippen molar-refractivity contribution in [2.45, 2.75) is 77.0 Å². The summed E-state index contributed by atoms with van der Waals surface area (Å²) in [4.78, 5) is 19.2. The number of hydrogen-bond donors (Lipinski definition) is 1. The lowest BCUT2D eigenvalue weighted by atomic mass is 9.72. The summed E-state index contributed by atoms with van der Waals surface area (Å²) in [5.41, 5.74) is -0.121. The molecule has 2 fully saturated rings. The molecule has 1 saturated heterocycles. The first-order valence-corrected chi connectivity index (χ1v) is 8.97. The summed E-state index contributed by atoms with van der Waals surface area (Å²) < 4.78 is 1.97. The molecule has 3 rings (SSSR count). The highest BCUT2D eigenvalue weighted by Crippen LogP contribution is 2.41. The van der Waals surface area contributed by atoms with Crippen LogP contribution in [-0.2, 0) is 0 Å². The fourth-order valence-corrected chi connectivity index (χ4v) is 4.29. The van der Waals surface area contributed by atoms with Crippen molar-refractivity contribution in [2.24, 2.45) is 5.92 Å². The Morgan fingerprint density at radius 2 is 2.13 bits per heavy atom. The lowest BCUT2D eigenvalue weighted by Gasteiger charge is -2.43. The smallest absolute Gasteiger partial charge is 0.274 e. The fourth-order valence-electron chi connectivity index (χ4n) is 4.29. The molecule has 1 amide bonds. The lowest BCUT2D eigenvalue weighted by molar-refractivity contribution is -0.0578. The molecule has 0 unspecified atom stereocenters. The number of hydrogen-bond acceptors (Lipinski definition) is 3. The SMILES string of the molecule is CC(C)n1cnc(C(=O)N2CCC[C@@H]2[C@@H]2CCCC[C@@]2(C)O)c1. The van der Waals surface area contributed by atoms with Crippen LogP contribution in [0.2, 0.25) is 0 Å². The molecule has 1 aromatic rings. The molecule has 0 aromatic carbocycles. The molecule has 0 radical (unpaired) electrons. The Balaban J connectivity index is 1.79. The molecule has 1 N–H and O–H groups in total. The third-order valence-corrected chi connectivity index (χ3v) is 5.69. The Hall–Kier alpha value is -1.36. The van der Waals surface area contributed by atoms with Gasteiger partial charge in [0.05, 0.1) is 11.9 Å². The molecular formula is C18H29N3O2. The number of rotatable bonds is 3. The van der Waals surface area contributed by atoms with Crippen molar-refractivity contribution in [2.75, 3.05) is 6.54 Å². The summed E-state index contributed by atoms with van der Waals surface area (Å²) in [6.07, 6.45) is 9.71. The van der Waals surface area contributed by atoms with Crippen molar-refractivity contribution in [3.8, 4) is 0 Å². The van der Waals surface area contributed by atoms with Crippen molar-refractivity contribution in [1.29, 1.82) is 0 Å². The highest BCUT2D eigenvalue weighted by atomic mass is 16.3. The van der Waals surface area contributed by atoms with Crippen LogP contribution in [0.3, 0.4) is 0 Å². The Bertz CT molecular complexity index is 564. The largest absolute Gasteiger partial charge is 0.390 e. The Kier molecular flexibility index (Phi) is 4.50. The maximum Gasteiger partial charge on any atom is 0.274 e. The van der Waals surface area contributed by atoms with Gasteiger partial charge >= 0.3 is 0 Å². The Morgan fingerprint density at radius 1 is 1.35 bits per heavy atom. The number of nitrogens with zero attached hydrogens (tertiary/aromatic N) is 3. The number of carbonyl (C=O) groups excluding carboxylic acids is 1. The predicted octanol–water partition coefficient (Wildman–Crippen LogP) is 3.01. The average Bonchev–Trinajstić information content (AvgIpc) is 3.15. The van der Waals surface area contributed by atoms with E-state index in [-0.39, 0.29) is 17.9 Å². The summed E-state index contributed by atoms with van der Waals surface area (Å²) in [6.45, 7) is 6.89. The number of imidazole rings is 1. The zero-order chi connectivity index (χ0) is 16.6. The van der Waals surface area contributed by atoms with E-state index in [9.17, 15) is 9.90 Å². The van der Waals surface area contributed by atoms with Crippen LogP contribution < -0.4 is 0 Å². The molecule has 5 heteroatoms. The molecule has 128 valence electrons. The topological polar surface area (TPSA) is 58.4 Å². The van der Waals surface area contributed by atoms with Gasteiger partial charge in [0, 0.05) is 30.7 Å². The van der Waals surface area contributed by atoms with E-state index in [0.29, 0.717) is 11.7 Å². The molecule has 3 atom stereocenters. The van der Waals surface area contributed by atoms with Crippen molar-refractivity contribution < 1.29 is 9.90 Å². The maximum absolute atomic E-state index is 12.9. The van der Waals surface area contributed by atoms with Gasteiger partial charge in [0.1, 0.15) is 5.69 Å². The summed E-state index contributed by atoms with van der Waals surface area (Å²) in [5.74, 6) is 0.211. The van der Waals surface area contributed by atoms with Crippen LogP contribution in [0, 0.1) is 5.92 Å². The van der Waals surface area contributed by atoms with Gasteiger partial charge < -0.3 is 14.6 Å². The molecular weight excluding hydrogens is 290 g/mol. The molecule has 0 spiro atoms. The van der Waals surface area contributed by atoms with Gasteiger partial charge in [0.15, 0.2) is 0 Å². The first-order valence-electron chi connectivity index (χ1n) is 8.97. The first-order chi connectivity index (χ1) is 10.9. The van der Waals surface area contributed by atoms with E-state index in [2.05, 4.69) is 18.8 Å². The van der Waals surface area contributed by atoms with E-state index in [1.807, 2.05) is 22.6 Å². The standard InChI is InChI=1S/C18H29N3O2/c1-13(2)20-11-15(19-12-20)17(22)21-10-6-8-16(21)14-7-4-5-9-18(14,3)23/h11-14,16,23H,4-10H2,1-3H3/t14-,16+,18+/m0/s1. The summed E-state index contributed by atoms with van der Waals surface area (Å²) in [7, 11) is 0. The van der Waals surface area contributed by atoms with Gasteiger partial charge in [0.2, 0.25) is 0 Å². The van der Waals surface area contributed by atoms with Gasteiger partial charge in [-0.05, 0) is 46.5 Å². The number of amides is 1. The Morgan fingerprint density at radius 3 is 2.78 bits per heavy atom. The minimum absolute atomic E-state index is 0.0215.